The standard InChI is InChI=1S/C10H16N2S/c1-3-9(8-13-2)12-10-4-6-11-7-5-10/h4-7,9H,3,8H2,1-2H3,(H,11,12). The maximum absolute atomic E-state index is 3.98. The van der Waals surface area contributed by atoms with Gasteiger partial charge in [-0.15, -0.1) is 0 Å². The summed E-state index contributed by atoms with van der Waals surface area (Å²) in [5.41, 5.74) is 1.16. The van der Waals surface area contributed by atoms with Gasteiger partial charge in [-0.2, -0.15) is 11.8 Å². The molecule has 13 heavy (non-hydrogen) atoms. The lowest BCUT2D eigenvalue weighted by Crippen LogP contribution is -2.20. The highest BCUT2D eigenvalue weighted by atomic mass is 32.2. The van der Waals surface area contributed by atoms with Crippen LogP contribution in [-0.2, 0) is 0 Å². The molecule has 0 amide bonds. The number of pyridine rings is 1. The lowest BCUT2D eigenvalue weighted by atomic mass is 10.2. The number of anilines is 1. The van der Waals surface area contributed by atoms with E-state index in [9.17, 15) is 0 Å². The molecule has 0 aliphatic heterocycles. The van der Waals surface area contributed by atoms with Crippen LogP contribution < -0.4 is 5.32 Å². The van der Waals surface area contributed by atoms with Gasteiger partial charge in [0.1, 0.15) is 0 Å². The molecule has 0 fully saturated rings. The summed E-state index contributed by atoms with van der Waals surface area (Å²) < 4.78 is 0. The molecule has 0 aromatic carbocycles. The van der Waals surface area contributed by atoms with Gasteiger partial charge < -0.3 is 5.32 Å². The highest BCUT2D eigenvalue weighted by Gasteiger charge is 2.03. The van der Waals surface area contributed by atoms with Gasteiger partial charge in [-0.25, -0.2) is 0 Å². The Morgan fingerprint density at radius 2 is 2.15 bits per heavy atom. The normalized spacial score (nSPS) is 12.5. The van der Waals surface area contributed by atoms with E-state index in [1.165, 1.54) is 0 Å². The molecule has 0 aliphatic rings. The number of nitrogens with zero attached hydrogens (tertiary/aromatic N) is 1. The molecular weight excluding hydrogens is 180 g/mol. The van der Waals surface area contributed by atoms with E-state index in [4.69, 9.17) is 0 Å². The second kappa shape index (κ2) is 5.86. The van der Waals surface area contributed by atoms with Gasteiger partial charge in [0.05, 0.1) is 0 Å². The van der Waals surface area contributed by atoms with Gasteiger partial charge in [0, 0.05) is 29.9 Å². The molecule has 1 atom stereocenters. The van der Waals surface area contributed by atoms with E-state index >= 15 is 0 Å². The smallest absolute Gasteiger partial charge is 0.0373 e. The molecule has 0 bridgehead atoms. The second-order valence-corrected chi connectivity index (χ2v) is 3.85. The number of hydrogen-bond acceptors (Lipinski definition) is 3. The molecule has 2 nitrogen and oxygen atoms in total. The Bertz CT molecular complexity index is 226. The average Bonchev–Trinajstić information content (AvgIpc) is 2.19. The van der Waals surface area contributed by atoms with Crippen molar-refractivity contribution in [2.45, 2.75) is 19.4 Å². The molecule has 0 saturated heterocycles. The average molecular weight is 196 g/mol. The monoisotopic (exact) mass is 196 g/mol. The van der Waals surface area contributed by atoms with Crippen LogP contribution in [0.5, 0.6) is 0 Å². The van der Waals surface area contributed by atoms with Crippen molar-refractivity contribution >= 4 is 17.4 Å². The Balaban J connectivity index is 2.46. The highest BCUT2D eigenvalue weighted by molar-refractivity contribution is 7.98. The molecule has 1 rings (SSSR count). The van der Waals surface area contributed by atoms with Crippen LogP contribution >= 0.6 is 11.8 Å². The first-order valence-electron chi connectivity index (χ1n) is 4.52. The van der Waals surface area contributed by atoms with Crippen molar-refractivity contribution in [2.75, 3.05) is 17.3 Å². The third-order valence-electron chi connectivity index (χ3n) is 1.91. The van der Waals surface area contributed by atoms with Crippen LogP contribution in [0, 0.1) is 0 Å². The van der Waals surface area contributed by atoms with Crippen molar-refractivity contribution in [2.24, 2.45) is 0 Å². The van der Waals surface area contributed by atoms with Crippen molar-refractivity contribution in [3.05, 3.63) is 24.5 Å². The van der Waals surface area contributed by atoms with Gasteiger partial charge in [0.25, 0.3) is 0 Å². The van der Waals surface area contributed by atoms with Gasteiger partial charge in [0.2, 0.25) is 0 Å². The minimum absolute atomic E-state index is 0.567. The maximum Gasteiger partial charge on any atom is 0.0373 e. The van der Waals surface area contributed by atoms with Gasteiger partial charge >= 0.3 is 0 Å². The van der Waals surface area contributed by atoms with Crippen molar-refractivity contribution < 1.29 is 0 Å². The summed E-state index contributed by atoms with van der Waals surface area (Å²) in [6.45, 7) is 2.20. The van der Waals surface area contributed by atoms with Crippen LogP contribution in [0.15, 0.2) is 24.5 Å². The summed E-state index contributed by atoms with van der Waals surface area (Å²) in [6, 6.07) is 4.57. The molecule has 0 radical (unpaired) electrons. The summed E-state index contributed by atoms with van der Waals surface area (Å²) in [7, 11) is 0. The van der Waals surface area contributed by atoms with Crippen LogP contribution in [0.25, 0.3) is 0 Å². The van der Waals surface area contributed by atoms with E-state index < -0.39 is 0 Å². The van der Waals surface area contributed by atoms with Gasteiger partial charge in [-0.1, -0.05) is 6.92 Å². The first-order valence-corrected chi connectivity index (χ1v) is 5.91. The van der Waals surface area contributed by atoms with Gasteiger partial charge in [-0.3, -0.25) is 4.98 Å². The van der Waals surface area contributed by atoms with E-state index in [2.05, 4.69) is 23.5 Å². The van der Waals surface area contributed by atoms with Crippen LogP contribution in [0.2, 0.25) is 0 Å². The molecule has 0 saturated carbocycles. The van der Waals surface area contributed by atoms with E-state index in [0.717, 1.165) is 17.9 Å². The lowest BCUT2D eigenvalue weighted by Gasteiger charge is -2.16. The van der Waals surface area contributed by atoms with E-state index in [1.54, 1.807) is 0 Å². The molecule has 1 aromatic heterocycles. The molecule has 1 heterocycles. The van der Waals surface area contributed by atoms with Crippen molar-refractivity contribution in [3.63, 3.8) is 0 Å². The Labute approximate surface area is 84.1 Å². The SMILES string of the molecule is CCC(CSC)Nc1ccncc1. The molecule has 1 unspecified atom stereocenters. The first kappa shape index (κ1) is 10.4. The topological polar surface area (TPSA) is 24.9 Å². The summed E-state index contributed by atoms with van der Waals surface area (Å²) >= 11 is 1.88. The van der Waals surface area contributed by atoms with Crippen molar-refractivity contribution in [3.8, 4) is 0 Å². The summed E-state index contributed by atoms with van der Waals surface area (Å²) in [6.07, 6.45) is 6.92. The zero-order chi connectivity index (χ0) is 9.52. The van der Waals surface area contributed by atoms with Crippen LogP contribution in [0.4, 0.5) is 5.69 Å². The van der Waals surface area contributed by atoms with Crippen molar-refractivity contribution in [1.29, 1.82) is 0 Å². The minimum atomic E-state index is 0.567. The Kier molecular flexibility index (Phi) is 4.68. The lowest BCUT2D eigenvalue weighted by molar-refractivity contribution is 0.775. The molecule has 3 heteroatoms. The molecular formula is C10H16N2S. The molecule has 0 spiro atoms. The van der Waals surface area contributed by atoms with Crippen LogP contribution in [-0.4, -0.2) is 23.0 Å². The van der Waals surface area contributed by atoms with E-state index in [-0.39, 0.29) is 0 Å². The zero-order valence-corrected chi connectivity index (χ0v) is 8.97. The fourth-order valence-electron chi connectivity index (χ4n) is 1.15. The Morgan fingerprint density at radius 3 is 2.69 bits per heavy atom. The summed E-state index contributed by atoms with van der Waals surface area (Å²) in [5, 5.41) is 3.47. The second-order valence-electron chi connectivity index (χ2n) is 2.94. The molecule has 1 aromatic rings. The number of nitrogens with one attached hydrogen (secondary N) is 1. The predicted octanol–water partition coefficient (Wildman–Crippen LogP) is 2.64. The summed E-state index contributed by atoms with van der Waals surface area (Å²) in [4.78, 5) is 3.98. The number of aromatic nitrogens is 1. The van der Waals surface area contributed by atoms with E-state index in [1.807, 2.05) is 36.3 Å². The maximum atomic E-state index is 3.98. The predicted molar refractivity (Wildman–Crippen MR) is 60.3 cm³/mol. The minimum Gasteiger partial charge on any atom is -0.381 e. The quantitative estimate of drug-likeness (QED) is 0.783. The van der Waals surface area contributed by atoms with Crippen LogP contribution in [0.1, 0.15) is 13.3 Å². The Morgan fingerprint density at radius 1 is 1.46 bits per heavy atom. The molecule has 0 aliphatic carbocycles. The van der Waals surface area contributed by atoms with Crippen molar-refractivity contribution in [1.82, 2.24) is 4.98 Å². The molecule has 72 valence electrons. The third-order valence-corrected chi connectivity index (χ3v) is 2.65. The van der Waals surface area contributed by atoms with Gasteiger partial charge in [0.15, 0.2) is 0 Å². The first-order chi connectivity index (χ1) is 6.36. The largest absolute Gasteiger partial charge is 0.381 e. The Hall–Kier alpha value is -0.700. The third kappa shape index (κ3) is 3.68. The number of rotatable bonds is 5. The summed E-state index contributed by atoms with van der Waals surface area (Å²) in [5.74, 6) is 1.15. The number of hydrogen-bond donors (Lipinski definition) is 1. The highest BCUT2D eigenvalue weighted by Crippen LogP contribution is 2.10. The van der Waals surface area contributed by atoms with E-state index in [0.29, 0.717) is 6.04 Å². The molecule has 1 N–H and O–H groups in total. The number of thioether (sulfide) groups is 1. The van der Waals surface area contributed by atoms with Gasteiger partial charge in [-0.05, 0) is 24.8 Å². The zero-order valence-electron chi connectivity index (χ0n) is 8.16. The fraction of sp³-hybridized carbons (Fsp3) is 0.500. The fourth-order valence-corrected chi connectivity index (χ4v) is 1.87. The van der Waals surface area contributed by atoms with Crippen LogP contribution in [0.3, 0.4) is 0 Å².